The van der Waals surface area contributed by atoms with Gasteiger partial charge in [-0.15, -0.1) is 0 Å². The number of benzene rings is 3. The van der Waals surface area contributed by atoms with Crippen LogP contribution in [0.1, 0.15) is 11.6 Å². The van der Waals surface area contributed by atoms with E-state index >= 15 is 0 Å². The molecular weight excluding hydrogens is 362 g/mol. The molecule has 4 rings (SSSR count). The van der Waals surface area contributed by atoms with Crippen LogP contribution in [0, 0.1) is 0 Å². The molecule has 0 aliphatic carbocycles. The van der Waals surface area contributed by atoms with E-state index in [1.807, 2.05) is 78.9 Å². The highest BCUT2D eigenvalue weighted by molar-refractivity contribution is 6.30. The van der Waals surface area contributed by atoms with Gasteiger partial charge in [0.2, 0.25) is 6.10 Å². The number of carbonyl (C=O) groups is 1. The van der Waals surface area contributed by atoms with Crippen LogP contribution in [-0.4, -0.2) is 19.1 Å². The van der Waals surface area contributed by atoms with E-state index in [2.05, 4.69) is 0 Å². The summed E-state index contributed by atoms with van der Waals surface area (Å²) < 4.78 is 11.2. The van der Waals surface area contributed by atoms with Gasteiger partial charge in [0.05, 0.1) is 7.11 Å². The molecule has 3 aromatic rings. The third kappa shape index (κ3) is 3.36. The molecule has 0 aromatic heterocycles. The first kappa shape index (κ1) is 17.4. The van der Waals surface area contributed by atoms with Crippen molar-refractivity contribution in [3.63, 3.8) is 0 Å². The molecule has 0 saturated carbocycles. The van der Waals surface area contributed by atoms with Crippen LogP contribution in [0.15, 0.2) is 78.9 Å². The molecule has 2 atom stereocenters. The van der Waals surface area contributed by atoms with Crippen LogP contribution < -0.4 is 14.4 Å². The van der Waals surface area contributed by atoms with Gasteiger partial charge in [-0.2, -0.15) is 0 Å². The molecular formula is C22H18ClNO3. The second-order valence-corrected chi connectivity index (χ2v) is 6.69. The minimum atomic E-state index is -0.587. The number of halogens is 1. The number of hydrogen-bond acceptors (Lipinski definition) is 3. The minimum Gasteiger partial charge on any atom is -0.497 e. The second-order valence-electron chi connectivity index (χ2n) is 6.25. The number of β-lactam (4-membered cyclic amide) rings is 1. The first-order valence-electron chi connectivity index (χ1n) is 8.61. The molecule has 1 fully saturated rings. The molecule has 27 heavy (non-hydrogen) atoms. The smallest absolute Gasteiger partial charge is 0.271 e. The molecule has 0 N–H and O–H groups in total. The van der Waals surface area contributed by atoms with Crippen molar-refractivity contribution in [1.82, 2.24) is 0 Å². The van der Waals surface area contributed by atoms with E-state index in [1.54, 1.807) is 12.0 Å². The third-order valence-corrected chi connectivity index (χ3v) is 4.87. The van der Waals surface area contributed by atoms with E-state index in [0.717, 1.165) is 17.0 Å². The summed E-state index contributed by atoms with van der Waals surface area (Å²) in [4.78, 5) is 14.7. The summed E-state index contributed by atoms with van der Waals surface area (Å²) in [6.45, 7) is 0. The number of ether oxygens (including phenoxy) is 2. The van der Waals surface area contributed by atoms with E-state index in [0.29, 0.717) is 10.8 Å². The van der Waals surface area contributed by atoms with E-state index in [4.69, 9.17) is 21.1 Å². The molecule has 1 aliphatic heterocycles. The molecule has 4 nitrogen and oxygen atoms in total. The van der Waals surface area contributed by atoms with Crippen molar-refractivity contribution in [2.75, 3.05) is 12.0 Å². The summed E-state index contributed by atoms with van der Waals surface area (Å²) in [5.74, 6) is 1.33. The summed E-state index contributed by atoms with van der Waals surface area (Å²) in [6, 6.07) is 24.1. The Morgan fingerprint density at radius 1 is 0.852 bits per heavy atom. The third-order valence-electron chi connectivity index (χ3n) is 4.61. The Bertz CT molecular complexity index is 926. The van der Waals surface area contributed by atoms with Gasteiger partial charge in [0, 0.05) is 10.7 Å². The van der Waals surface area contributed by atoms with Gasteiger partial charge in [0.25, 0.3) is 5.91 Å². The van der Waals surface area contributed by atoms with Crippen molar-refractivity contribution in [1.29, 1.82) is 0 Å². The zero-order chi connectivity index (χ0) is 18.8. The minimum absolute atomic E-state index is 0.0797. The van der Waals surface area contributed by atoms with Crippen LogP contribution >= 0.6 is 11.6 Å². The maximum Gasteiger partial charge on any atom is 0.271 e. The first-order valence-corrected chi connectivity index (χ1v) is 8.99. The van der Waals surface area contributed by atoms with Crippen molar-refractivity contribution in [2.45, 2.75) is 12.1 Å². The van der Waals surface area contributed by atoms with E-state index in [1.165, 1.54) is 0 Å². The van der Waals surface area contributed by atoms with E-state index in [-0.39, 0.29) is 11.9 Å². The highest BCUT2D eigenvalue weighted by Gasteiger charge is 2.51. The Morgan fingerprint density at radius 2 is 1.52 bits per heavy atom. The fourth-order valence-corrected chi connectivity index (χ4v) is 3.36. The van der Waals surface area contributed by atoms with Crippen LogP contribution in [0.25, 0.3) is 0 Å². The number of anilines is 1. The average molecular weight is 380 g/mol. The molecule has 1 amide bonds. The standard InChI is InChI=1S/C22H18ClNO3/c1-26-18-13-11-17(12-14-18)24-20(15-7-9-16(23)10-8-15)21(22(24)25)27-19-5-3-2-4-6-19/h2-14,20-21H,1H3. The SMILES string of the molecule is COc1ccc(N2C(=O)C(Oc3ccccc3)C2c2ccc(Cl)cc2)cc1. The maximum atomic E-state index is 12.9. The van der Waals surface area contributed by atoms with Gasteiger partial charge in [-0.05, 0) is 54.1 Å². The van der Waals surface area contributed by atoms with E-state index < -0.39 is 6.10 Å². The quantitative estimate of drug-likeness (QED) is 0.593. The summed E-state index contributed by atoms with van der Waals surface area (Å²) in [6.07, 6.45) is -0.587. The molecule has 0 spiro atoms. The highest BCUT2D eigenvalue weighted by Crippen LogP contribution is 2.41. The van der Waals surface area contributed by atoms with Gasteiger partial charge in [0.15, 0.2) is 0 Å². The lowest BCUT2D eigenvalue weighted by atomic mass is 9.89. The Labute approximate surface area is 162 Å². The zero-order valence-electron chi connectivity index (χ0n) is 14.7. The molecule has 1 saturated heterocycles. The Morgan fingerprint density at radius 3 is 2.15 bits per heavy atom. The first-order chi connectivity index (χ1) is 13.2. The van der Waals surface area contributed by atoms with Crippen LogP contribution in [-0.2, 0) is 4.79 Å². The van der Waals surface area contributed by atoms with Gasteiger partial charge in [-0.3, -0.25) is 9.69 Å². The summed E-state index contributed by atoms with van der Waals surface area (Å²) in [7, 11) is 1.62. The Balaban J connectivity index is 1.67. The summed E-state index contributed by atoms with van der Waals surface area (Å²) in [5.41, 5.74) is 1.77. The van der Waals surface area contributed by atoms with Gasteiger partial charge >= 0.3 is 0 Å². The van der Waals surface area contributed by atoms with Crippen molar-refractivity contribution in [3.05, 3.63) is 89.4 Å². The van der Waals surface area contributed by atoms with E-state index in [9.17, 15) is 4.79 Å². The summed E-state index contributed by atoms with van der Waals surface area (Å²) >= 11 is 6.03. The zero-order valence-corrected chi connectivity index (χ0v) is 15.5. The van der Waals surface area contributed by atoms with Gasteiger partial charge in [-0.25, -0.2) is 0 Å². The molecule has 0 radical (unpaired) electrons. The van der Waals surface area contributed by atoms with Crippen LogP contribution in [0.5, 0.6) is 11.5 Å². The number of rotatable bonds is 5. The molecule has 5 heteroatoms. The monoisotopic (exact) mass is 379 g/mol. The van der Waals surface area contributed by atoms with Gasteiger partial charge in [0.1, 0.15) is 17.5 Å². The number of methoxy groups -OCH3 is 1. The van der Waals surface area contributed by atoms with Crippen molar-refractivity contribution in [2.24, 2.45) is 0 Å². The molecule has 0 bridgehead atoms. The average Bonchev–Trinajstić information content (AvgIpc) is 2.72. The highest BCUT2D eigenvalue weighted by atomic mass is 35.5. The molecule has 136 valence electrons. The normalized spacial score (nSPS) is 18.7. The molecule has 1 heterocycles. The Hall–Kier alpha value is -2.98. The van der Waals surface area contributed by atoms with Crippen molar-refractivity contribution < 1.29 is 14.3 Å². The number of carbonyl (C=O) groups excluding carboxylic acids is 1. The lowest BCUT2D eigenvalue weighted by molar-refractivity contribution is -0.135. The fourth-order valence-electron chi connectivity index (χ4n) is 3.24. The van der Waals surface area contributed by atoms with Crippen LogP contribution in [0.4, 0.5) is 5.69 Å². The molecule has 3 aromatic carbocycles. The lowest BCUT2D eigenvalue weighted by Crippen LogP contribution is -2.61. The molecule has 2 unspecified atom stereocenters. The van der Waals surface area contributed by atoms with Crippen molar-refractivity contribution in [3.8, 4) is 11.5 Å². The number of amides is 1. The largest absolute Gasteiger partial charge is 0.497 e. The number of hydrogen-bond donors (Lipinski definition) is 0. The lowest BCUT2D eigenvalue weighted by Gasteiger charge is -2.46. The predicted molar refractivity (Wildman–Crippen MR) is 106 cm³/mol. The number of para-hydroxylation sites is 1. The van der Waals surface area contributed by atoms with Crippen molar-refractivity contribution >= 4 is 23.2 Å². The second kappa shape index (κ2) is 7.33. The molecule has 1 aliphatic rings. The van der Waals surface area contributed by atoms with Crippen LogP contribution in [0.2, 0.25) is 5.02 Å². The predicted octanol–water partition coefficient (Wildman–Crippen LogP) is 4.88. The number of nitrogens with zero attached hydrogens (tertiary/aromatic N) is 1. The summed E-state index contributed by atoms with van der Waals surface area (Å²) in [5, 5.41) is 0.654. The van der Waals surface area contributed by atoms with Crippen LogP contribution in [0.3, 0.4) is 0 Å². The maximum absolute atomic E-state index is 12.9. The van der Waals surface area contributed by atoms with Gasteiger partial charge < -0.3 is 9.47 Å². The van der Waals surface area contributed by atoms with Gasteiger partial charge in [-0.1, -0.05) is 41.9 Å². The fraction of sp³-hybridized carbons (Fsp3) is 0.136. The Kier molecular flexibility index (Phi) is 4.73. The topological polar surface area (TPSA) is 38.8 Å².